The second-order valence-corrected chi connectivity index (χ2v) is 10.9. The lowest BCUT2D eigenvalue weighted by molar-refractivity contribution is -0.0254. The Labute approximate surface area is 218 Å². The van der Waals surface area contributed by atoms with Gasteiger partial charge in [-0.2, -0.15) is 0 Å². The fourth-order valence-corrected chi connectivity index (χ4v) is 5.39. The molecule has 0 unspecified atom stereocenters. The first-order valence-electron chi connectivity index (χ1n) is 12.7. The predicted molar refractivity (Wildman–Crippen MR) is 145 cm³/mol. The van der Waals surface area contributed by atoms with Gasteiger partial charge in [-0.05, 0) is 85.2 Å². The van der Waals surface area contributed by atoms with E-state index in [1.165, 1.54) is 5.56 Å². The van der Waals surface area contributed by atoms with E-state index in [0.717, 1.165) is 59.6 Å². The number of fused-ring (bicyclic) bond motifs is 2. The van der Waals surface area contributed by atoms with Gasteiger partial charge in [0, 0.05) is 30.2 Å². The fourth-order valence-electron chi connectivity index (χ4n) is 5.26. The number of nitrogens with zero attached hydrogens (tertiary/aromatic N) is 1. The van der Waals surface area contributed by atoms with E-state index in [1.54, 1.807) is 0 Å². The van der Waals surface area contributed by atoms with Gasteiger partial charge in [-0.15, -0.1) is 0 Å². The molecule has 0 amide bonds. The zero-order chi connectivity index (χ0) is 25.3. The highest BCUT2D eigenvalue weighted by Gasteiger charge is 2.33. The summed E-state index contributed by atoms with van der Waals surface area (Å²) in [6.45, 7) is 6.76. The van der Waals surface area contributed by atoms with Crippen LogP contribution in [0.1, 0.15) is 60.9 Å². The summed E-state index contributed by atoms with van der Waals surface area (Å²) in [6, 6.07) is 22.0. The lowest BCUT2D eigenvalue weighted by Crippen LogP contribution is -2.42. The maximum absolute atomic E-state index is 11.2. The SMILES string of the molecule is CC(C)(O)c1ccc2c(c1)C(=CCCN1CCC(O)(c3ccc(Cl)cc3)CC1)c1ccccc1CO2. The first kappa shape index (κ1) is 25.0. The van der Waals surface area contributed by atoms with Crippen LogP contribution in [-0.2, 0) is 17.8 Å². The van der Waals surface area contributed by atoms with Crippen LogP contribution in [-0.4, -0.2) is 34.7 Å². The van der Waals surface area contributed by atoms with Gasteiger partial charge in [0.25, 0.3) is 0 Å². The second kappa shape index (κ2) is 10.0. The molecular formula is C31H34ClNO3. The largest absolute Gasteiger partial charge is 0.488 e. The van der Waals surface area contributed by atoms with Crippen molar-refractivity contribution >= 4 is 17.2 Å². The normalized spacial score (nSPS) is 18.8. The van der Waals surface area contributed by atoms with Crippen LogP contribution < -0.4 is 4.74 Å². The number of ether oxygens (including phenoxy) is 1. The molecule has 4 nitrogen and oxygen atoms in total. The number of aliphatic hydroxyl groups is 2. The van der Waals surface area contributed by atoms with Gasteiger partial charge in [-0.25, -0.2) is 0 Å². The van der Waals surface area contributed by atoms with Crippen LogP contribution in [0.4, 0.5) is 0 Å². The van der Waals surface area contributed by atoms with Crippen molar-refractivity contribution in [1.82, 2.24) is 4.90 Å². The van der Waals surface area contributed by atoms with Crippen molar-refractivity contribution in [2.75, 3.05) is 19.6 Å². The van der Waals surface area contributed by atoms with Crippen molar-refractivity contribution < 1.29 is 14.9 Å². The Kier molecular flexibility index (Phi) is 6.97. The van der Waals surface area contributed by atoms with Crippen LogP contribution in [0.15, 0.2) is 72.8 Å². The van der Waals surface area contributed by atoms with E-state index in [1.807, 2.05) is 56.3 Å². The molecule has 3 aromatic carbocycles. The topological polar surface area (TPSA) is 52.9 Å². The third-order valence-corrected chi connectivity index (χ3v) is 7.78. The minimum Gasteiger partial charge on any atom is -0.488 e. The summed E-state index contributed by atoms with van der Waals surface area (Å²) in [5.41, 5.74) is 4.62. The average Bonchev–Trinajstić information content (AvgIpc) is 3.02. The molecule has 0 aliphatic carbocycles. The highest BCUT2D eigenvalue weighted by atomic mass is 35.5. The van der Waals surface area contributed by atoms with E-state index in [4.69, 9.17) is 16.3 Å². The Morgan fingerprint density at radius 3 is 2.44 bits per heavy atom. The molecule has 2 N–H and O–H groups in total. The van der Waals surface area contributed by atoms with Crippen molar-refractivity contribution in [2.24, 2.45) is 0 Å². The van der Waals surface area contributed by atoms with E-state index in [9.17, 15) is 10.2 Å². The number of hydrogen-bond acceptors (Lipinski definition) is 4. The van der Waals surface area contributed by atoms with Crippen LogP contribution in [0.3, 0.4) is 0 Å². The predicted octanol–water partition coefficient (Wildman–Crippen LogP) is 6.27. The molecule has 2 aliphatic rings. The molecule has 0 saturated carbocycles. The summed E-state index contributed by atoms with van der Waals surface area (Å²) in [4.78, 5) is 2.43. The third kappa shape index (κ3) is 5.23. The standard InChI is InChI=1S/C31H34ClNO3/c1-30(2,34)24-11-14-29-28(20-24)27(26-7-4-3-6-22(26)21-36-29)8-5-17-33-18-15-31(35,16-19-33)23-9-12-25(32)13-10-23/h3-4,6-14,20,34-35H,5,15-19,21H2,1-2H3. The van der Waals surface area contributed by atoms with E-state index in [-0.39, 0.29) is 0 Å². The van der Waals surface area contributed by atoms with Crippen LogP contribution in [0.2, 0.25) is 5.02 Å². The summed E-state index contributed by atoms with van der Waals surface area (Å²) in [6.07, 6.45) is 4.61. The summed E-state index contributed by atoms with van der Waals surface area (Å²) in [7, 11) is 0. The Hall–Kier alpha value is -2.63. The van der Waals surface area contributed by atoms with Crippen molar-refractivity contribution in [3.8, 4) is 5.75 Å². The Balaban J connectivity index is 1.34. The first-order chi connectivity index (χ1) is 17.2. The number of rotatable bonds is 5. The molecule has 5 rings (SSSR count). The highest BCUT2D eigenvalue weighted by Crippen LogP contribution is 2.39. The summed E-state index contributed by atoms with van der Waals surface area (Å²) in [5.74, 6) is 0.844. The van der Waals surface area contributed by atoms with Crippen molar-refractivity contribution in [1.29, 1.82) is 0 Å². The Morgan fingerprint density at radius 1 is 1.00 bits per heavy atom. The number of piperidine rings is 1. The number of likely N-dealkylation sites (tertiary alicyclic amines) is 1. The minimum atomic E-state index is -0.930. The molecule has 0 spiro atoms. The lowest BCUT2D eigenvalue weighted by atomic mass is 9.84. The minimum absolute atomic E-state index is 0.526. The summed E-state index contributed by atoms with van der Waals surface area (Å²) < 4.78 is 6.17. The number of hydrogen-bond donors (Lipinski definition) is 2. The zero-order valence-corrected chi connectivity index (χ0v) is 21.8. The molecule has 188 valence electrons. The molecular weight excluding hydrogens is 470 g/mol. The Bertz CT molecular complexity index is 1250. The average molecular weight is 504 g/mol. The van der Waals surface area contributed by atoms with E-state index in [2.05, 4.69) is 35.2 Å². The molecule has 3 aromatic rings. The fraction of sp³-hybridized carbons (Fsp3) is 0.355. The number of benzene rings is 3. The first-order valence-corrected chi connectivity index (χ1v) is 13.1. The van der Waals surface area contributed by atoms with E-state index < -0.39 is 11.2 Å². The third-order valence-electron chi connectivity index (χ3n) is 7.53. The maximum Gasteiger partial charge on any atom is 0.127 e. The van der Waals surface area contributed by atoms with Gasteiger partial charge in [0.1, 0.15) is 12.4 Å². The summed E-state index contributed by atoms with van der Waals surface area (Å²) in [5, 5.41) is 22.5. The molecule has 1 fully saturated rings. The molecule has 2 heterocycles. The van der Waals surface area contributed by atoms with Gasteiger partial charge in [-0.1, -0.05) is 60.1 Å². The molecule has 0 radical (unpaired) electrons. The van der Waals surface area contributed by atoms with E-state index >= 15 is 0 Å². The van der Waals surface area contributed by atoms with Crippen LogP contribution >= 0.6 is 11.6 Å². The van der Waals surface area contributed by atoms with Crippen LogP contribution in [0.5, 0.6) is 5.75 Å². The Morgan fingerprint density at radius 2 is 1.72 bits per heavy atom. The van der Waals surface area contributed by atoms with Gasteiger partial charge < -0.3 is 19.8 Å². The molecule has 2 aliphatic heterocycles. The van der Waals surface area contributed by atoms with Crippen molar-refractivity contribution in [2.45, 2.75) is 50.9 Å². The van der Waals surface area contributed by atoms with Gasteiger partial charge in [-0.3, -0.25) is 0 Å². The van der Waals surface area contributed by atoms with Gasteiger partial charge in [0.15, 0.2) is 0 Å². The zero-order valence-electron chi connectivity index (χ0n) is 21.0. The molecule has 0 aromatic heterocycles. The highest BCUT2D eigenvalue weighted by molar-refractivity contribution is 6.30. The van der Waals surface area contributed by atoms with E-state index in [0.29, 0.717) is 24.5 Å². The second-order valence-electron chi connectivity index (χ2n) is 10.5. The molecule has 36 heavy (non-hydrogen) atoms. The van der Waals surface area contributed by atoms with Crippen LogP contribution in [0.25, 0.3) is 5.57 Å². The number of halogens is 1. The lowest BCUT2D eigenvalue weighted by Gasteiger charge is -2.38. The van der Waals surface area contributed by atoms with Crippen molar-refractivity contribution in [3.05, 3.63) is 106 Å². The molecule has 0 atom stereocenters. The van der Waals surface area contributed by atoms with Gasteiger partial charge >= 0.3 is 0 Å². The maximum atomic E-state index is 11.2. The van der Waals surface area contributed by atoms with Gasteiger partial charge in [0.2, 0.25) is 0 Å². The quantitative estimate of drug-likeness (QED) is 0.431. The monoisotopic (exact) mass is 503 g/mol. The van der Waals surface area contributed by atoms with Crippen LogP contribution in [0, 0.1) is 0 Å². The molecule has 1 saturated heterocycles. The van der Waals surface area contributed by atoms with Gasteiger partial charge in [0.05, 0.1) is 11.2 Å². The summed E-state index contributed by atoms with van der Waals surface area (Å²) >= 11 is 6.03. The van der Waals surface area contributed by atoms with Crippen molar-refractivity contribution in [3.63, 3.8) is 0 Å². The molecule has 0 bridgehead atoms. The smallest absolute Gasteiger partial charge is 0.127 e. The molecule has 5 heteroatoms.